The number of benzene rings is 1. The molecule has 0 amide bonds. The van der Waals surface area contributed by atoms with Crippen molar-refractivity contribution in [2.45, 2.75) is 52.1 Å². The smallest absolute Gasteiger partial charge is 0.0660 e. The topological polar surface area (TPSA) is 29.9 Å². The Morgan fingerprint density at radius 2 is 2.15 bits per heavy atom. The van der Waals surface area contributed by atoms with E-state index in [-0.39, 0.29) is 0 Å². The predicted molar refractivity (Wildman–Crippen MR) is 85.0 cm³/mol. The molecule has 1 aromatic heterocycles. The summed E-state index contributed by atoms with van der Waals surface area (Å²) in [4.78, 5) is 0. The highest BCUT2D eigenvalue weighted by Gasteiger charge is 2.03. The van der Waals surface area contributed by atoms with Crippen molar-refractivity contribution in [3.8, 4) is 0 Å². The van der Waals surface area contributed by atoms with Gasteiger partial charge in [0, 0.05) is 24.1 Å². The Hall–Kier alpha value is -1.77. The Labute approximate surface area is 122 Å². The first-order chi connectivity index (χ1) is 9.78. The Morgan fingerprint density at radius 1 is 1.25 bits per heavy atom. The second-order valence-electron chi connectivity index (χ2n) is 5.45. The first-order valence-electron chi connectivity index (χ1n) is 7.61. The molecule has 3 heteroatoms. The molecule has 0 bridgehead atoms. The van der Waals surface area contributed by atoms with Gasteiger partial charge in [0.25, 0.3) is 0 Å². The van der Waals surface area contributed by atoms with Crippen molar-refractivity contribution in [2.24, 2.45) is 0 Å². The lowest BCUT2D eigenvalue weighted by atomic mass is 10.1. The molecule has 0 aliphatic carbocycles. The molecular weight excluding hydrogens is 246 g/mol. The van der Waals surface area contributed by atoms with E-state index in [1.54, 1.807) is 0 Å². The van der Waals surface area contributed by atoms with E-state index in [1.807, 2.05) is 23.1 Å². The van der Waals surface area contributed by atoms with Crippen LogP contribution in [0.25, 0.3) is 0 Å². The molecule has 1 unspecified atom stereocenters. The first kappa shape index (κ1) is 14.6. The van der Waals surface area contributed by atoms with Gasteiger partial charge in [-0.1, -0.05) is 38.3 Å². The van der Waals surface area contributed by atoms with Crippen LogP contribution in [0.15, 0.2) is 42.7 Å². The van der Waals surface area contributed by atoms with Crippen molar-refractivity contribution in [1.82, 2.24) is 9.78 Å². The number of rotatable bonds is 8. The van der Waals surface area contributed by atoms with Crippen LogP contribution < -0.4 is 5.32 Å². The van der Waals surface area contributed by atoms with Gasteiger partial charge in [-0.05, 0) is 37.1 Å². The maximum absolute atomic E-state index is 4.25. The summed E-state index contributed by atoms with van der Waals surface area (Å²) in [7, 11) is 0. The molecule has 0 saturated heterocycles. The highest BCUT2D eigenvalue weighted by Crippen LogP contribution is 2.15. The third kappa shape index (κ3) is 4.72. The minimum Gasteiger partial charge on any atom is -0.383 e. The fraction of sp³-hybridized carbons (Fsp3) is 0.471. The van der Waals surface area contributed by atoms with Crippen LogP contribution in [0.3, 0.4) is 0 Å². The van der Waals surface area contributed by atoms with Crippen LogP contribution in [-0.2, 0) is 6.54 Å². The zero-order valence-corrected chi connectivity index (χ0v) is 12.5. The van der Waals surface area contributed by atoms with Crippen LogP contribution in [0, 0.1) is 0 Å². The Morgan fingerprint density at radius 3 is 2.90 bits per heavy atom. The lowest BCUT2D eigenvalue weighted by Gasteiger charge is -2.16. The van der Waals surface area contributed by atoms with Gasteiger partial charge < -0.3 is 5.32 Å². The fourth-order valence-corrected chi connectivity index (χ4v) is 2.40. The number of hydrogen-bond acceptors (Lipinski definition) is 2. The highest BCUT2D eigenvalue weighted by molar-refractivity contribution is 5.46. The van der Waals surface area contributed by atoms with Gasteiger partial charge in [0.15, 0.2) is 0 Å². The third-order valence-corrected chi connectivity index (χ3v) is 3.48. The molecule has 0 aliphatic rings. The number of anilines is 1. The van der Waals surface area contributed by atoms with Crippen molar-refractivity contribution in [2.75, 3.05) is 5.32 Å². The van der Waals surface area contributed by atoms with Crippen molar-refractivity contribution >= 4 is 5.69 Å². The summed E-state index contributed by atoms with van der Waals surface area (Å²) in [5.74, 6) is 0. The number of aromatic nitrogens is 2. The van der Waals surface area contributed by atoms with E-state index in [1.165, 1.54) is 36.9 Å². The molecule has 2 aromatic rings. The minimum absolute atomic E-state index is 0.529. The van der Waals surface area contributed by atoms with Gasteiger partial charge in [-0.25, -0.2) is 0 Å². The van der Waals surface area contributed by atoms with E-state index >= 15 is 0 Å². The number of nitrogens with one attached hydrogen (secondary N) is 1. The standard InChI is InChI=1S/C17H25N3/c1-3-4-5-8-15(2)19-17-10-6-9-16(13-17)14-20-12-7-11-18-20/h6-7,9-13,15,19H,3-5,8,14H2,1-2H3. The van der Waals surface area contributed by atoms with Gasteiger partial charge in [0.05, 0.1) is 6.54 Å². The van der Waals surface area contributed by atoms with Crippen LogP contribution in [0.2, 0.25) is 0 Å². The number of unbranched alkanes of at least 4 members (excludes halogenated alkanes) is 2. The van der Waals surface area contributed by atoms with Gasteiger partial charge in [0.2, 0.25) is 0 Å². The maximum atomic E-state index is 4.25. The summed E-state index contributed by atoms with van der Waals surface area (Å²) < 4.78 is 1.95. The first-order valence-corrected chi connectivity index (χ1v) is 7.61. The Kier molecular flexibility index (Phi) is 5.66. The minimum atomic E-state index is 0.529. The summed E-state index contributed by atoms with van der Waals surface area (Å²) >= 11 is 0. The molecule has 20 heavy (non-hydrogen) atoms. The van der Waals surface area contributed by atoms with E-state index in [9.17, 15) is 0 Å². The van der Waals surface area contributed by atoms with Gasteiger partial charge in [-0.2, -0.15) is 5.10 Å². The van der Waals surface area contributed by atoms with Gasteiger partial charge in [-0.3, -0.25) is 4.68 Å². The summed E-state index contributed by atoms with van der Waals surface area (Å²) in [5, 5.41) is 7.84. The van der Waals surface area contributed by atoms with Crippen molar-refractivity contribution in [3.63, 3.8) is 0 Å². The number of nitrogens with zero attached hydrogens (tertiary/aromatic N) is 2. The Balaban J connectivity index is 1.88. The normalized spacial score (nSPS) is 12.3. The quantitative estimate of drug-likeness (QED) is 0.725. The second kappa shape index (κ2) is 7.73. The Bertz CT molecular complexity index is 491. The molecule has 2 rings (SSSR count). The van der Waals surface area contributed by atoms with E-state index < -0.39 is 0 Å². The monoisotopic (exact) mass is 271 g/mol. The van der Waals surface area contributed by atoms with Crippen molar-refractivity contribution < 1.29 is 0 Å². The molecule has 0 spiro atoms. The van der Waals surface area contributed by atoms with Gasteiger partial charge >= 0.3 is 0 Å². The molecule has 0 saturated carbocycles. The molecule has 3 nitrogen and oxygen atoms in total. The lowest BCUT2D eigenvalue weighted by Crippen LogP contribution is -2.15. The highest BCUT2D eigenvalue weighted by atomic mass is 15.3. The lowest BCUT2D eigenvalue weighted by molar-refractivity contribution is 0.615. The molecule has 1 N–H and O–H groups in total. The predicted octanol–water partition coefficient (Wildman–Crippen LogP) is 4.31. The van der Waals surface area contributed by atoms with Crippen molar-refractivity contribution in [1.29, 1.82) is 0 Å². The molecule has 1 heterocycles. The molecule has 0 fully saturated rings. The van der Waals surface area contributed by atoms with Crippen LogP contribution in [0.1, 0.15) is 45.1 Å². The SMILES string of the molecule is CCCCCC(C)Nc1cccc(Cn2cccn2)c1. The second-order valence-corrected chi connectivity index (χ2v) is 5.45. The molecular formula is C17H25N3. The summed E-state index contributed by atoms with van der Waals surface area (Å²) in [6.45, 7) is 5.33. The van der Waals surface area contributed by atoms with Gasteiger partial charge in [0.1, 0.15) is 0 Å². The largest absolute Gasteiger partial charge is 0.383 e. The van der Waals surface area contributed by atoms with Gasteiger partial charge in [-0.15, -0.1) is 0 Å². The van der Waals surface area contributed by atoms with Crippen LogP contribution in [0.4, 0.5) is 5.69 Å². The summed E-state index contributed by atoms with van der Waals surface area (Å²) in [5.41, 5.74) is 2.48. The van der Waals surface area contributed by atoms with E-state index in [0.29, 0.717) is 6.04 Å². The third-order valence-electron chi connectivity index (χ3n) is 3.48. The van der Waals surface area contributed by atoms with E-state index in [2.05, 4.69) is 48.5 Å². The van der Waals surface area contributed by atoms with Crippen LogP contribution in [-0.4, -0.2) is 15.8 Å². The van der Waals surface area contributed by atoms with Crippen LogP contribution >= 0.6 is 0 Å². The molecule has 108 valence electrons. The molecule has 0 aliphatic heterocycles. The molecule has 1 atom stereocenters. The molecule has 0 radical (unpaired) electrons. The zero-order chi connectivity index (χ0) is 14.2. The zero-order valence-electron chi connectivity index (χ0n) is 12.5. The molecule has 1 aromatic carbocycles. The summed E-state index contributed by atoms with van der Waals surface area (Å²) in [6, 6.07) is 11.1. The average Bonchev–Trinajstić information content (AvgIpc) is 2.92. The van der Waals surface area contributed by atoms with E-state index in [0.717, 1.165) is 6.54 Å². The number of hydrogen-bond donors (Lipinski definition) is 1. The average molecular weight is 271 g/mol. The van der Waals surface area contributed by atoms with Crippen molar-refractivity contribution in [3.05, 3.63) is 48.3 Å². The maximum Gasteiger partial charge on any atom is 0.0660 e. The summed E-state index contributed by atoms with van der Waals surface area (Å²) in [6.07, 6.45) is 8.96. The van der Waals surface area contributed by atoms with E-state index in [4.69, 9.17) is 0 Å². The fourth-order valence-electron chi connectivity index (χ4n) is 2.40. The van der Waals surface area contributed by atoms with Crippen LogP contribution in [0.5, 0.6) is 0 Å².